The molecule has 150 valence electrons. The lowest BCUT2D eigenvalue weighted by molar-refractivity contribution is -0.114. The van der Waals surface area contributed by atoms with E-state index in [0.29, 0.717) is 27.8 Å². The number of aromatic nitrogens is 3. The van der Waals surface area contributed by atoms with Crippen LogP contribution in [0.5, 0.6) is 0 Å². The summed E-state index contributed by atoms with van der Waals surface area (Å²) in [7, 11) is 1.66. The normalized spacial score (nSPS) is 11.6. The first-order valence-electron chi connectivity index (χ1n) is 8.85. The maximum Gasteiger partial charge on any atom is 0.413 e. The Morgan fingerprint density at radius 2 is 1.79 bits per heavy atom. The highest BCUT2D eigenvalue weighted by Crippen LogP contribution is 2.28. The van der Waals surface area contributed by atoms with Gasteiger partial charge in [-0.15, -0.1) is 5.10 Å². The van der Waals surface area contributed by atoms with E-state index >= 15 is 0 Å². The van der Waals surface area contributed by atoms with Crippen LogP contribution in [0.15, 0.2) is 48.5 Å². The van der Waals surface area contributed by atoms with E-state index in [9.17, 15) is 9.59 Å². The Morgan fingerprint density at radius 3 is 2.45 bits per heavy atom. The van der Waals surface area contributed by atoms with Crippen molar-refractivity contribution in [2.75, 3.05) is 10.6 Å². The maximum atomic E-state index is 12.4. The molecule has 0 bridgehead atoms. The minimum atomic E-state index is -0.654. The van der Waals surface area contributed by atoms with Crippen LogP contribution in [0.3, 0.4) is 0 Å². The molecule has 3 rings (SSSR count). The Bertz CT molecular complexity index is 1030. The molecular formula is C20H20ClN5O3. The Hall–Kier alpha value is -3.39. The zero-order chi connectivity index (χ0) is 21.0. The number of rotatable bonds is 5. The number of amides is 2. The van der Waals surface area contributed by atoms with Crippen LogP contribution in [-0.2, 0) is 16.6 Å². The summed E-state index contributed by atoms with van der Waals surface area (Å²) < 4.78 is 6.89. The van der Waals surface area contributed by atoms with Crippen LogP contribution >= 0.6 is 11.6 Å². The Kier molecular flexibility index (Phi) is 6.13. The van der Waals surface area contributed by atoms with Gasteiger partial charge < -0.3 is 10.1 Å². The lowest BCUT2D eigenvalue weighted by Gasteiger charge is -2.15. The van der Waals surface area contributed by atoms with Crippen LogP contribution in [0.2, 0.25) is 5.02 Å². The van der Waals surface area contributed by atoms with Gasteiger partial charge in [0.05, 0.1) is 0 Å². The van der Waals surface area contributed by atoms with E-state index in [1.54, 1.807) is 50.4 Å². The lowest BCUT2D eigenvalue weighted by Crippen LogP contribution is -2.18. The number of benzene rings is 2. The molecule has 1 heterocycles. The summed E-state index contributed by atoms with van der Waals surface area (Å²) in [5.41, 5.74) is 2.57. The van der Waals surface area contributed by atoms with Gasteiger partial charge in [0, 0.05) is 35.8 Å². The van der Waals surface area contributed by atoms with Gasteiger partial charge in [-0.1, -0.05) is 47.1 Å². The van der Waals surface area contributed by atoms with Crippen LogP contribution in [0.1, 0.15) is 25.5 Å². The van der Waals surface area contributed by atoms with Gasteiger partial charge >= 0.3 is 6.09 Å². The molecule has 0 aliphatic rings. The third-order valence-corrected chi connectivity index (χ3v) is 4.50. The maximum absolute atomic E-state index is 12.4. The van der Waals surface area contributed by atoms with Crippen molar-refractivity contribution in [2.45, 2.75) is 20.0 Å². The van der Waals surface area contributed by atoms with Crippen molar-refractivity contribution >= 4 is 35.1 Å². The zero-order valence-corrected chi connectivity index (χ0v) is 16.9. The van der Waals surface area contributed by atoms with Gasteiger partial charge in [-0.3, -0.25) is 10.1 Å². The molecule has 0 fully saturated rings. The molecule has 2 aromatic carbocycles. The summed E-state index contributed by atoms with van der Waals surface area (Å²) in [6.45, 7) is 3.18. The van der Waals surface area contributed by atoms with Crippen LogP contribution in [-0.4, -0.2) is 27.0 Å². The highest BCUT2D eigenvalue weighted by molar-refractivity contribution is 6.31. The number of anilines is 2. The van der Waals surface area contributed by atoms with E-state index in [0.717, 1.165) is 5.56 Å². The second-order valence-corrected chi connectivity index (χ2v) is 6.77. The van der Waals surface area contributed by atoms with Crippen molar-refractivity contribution in [2.24, 2.45) is 7.05 Å². The molecule has 0 aliphatic heterocycles. The quantitative estimate of drug-likeness (QED) is 0.645. The minimum absolute atomic E-state index is 0.157. The van der Waals surface area contributed by atoms with Gasteiger partial charge in [0.15, 0.2) is 5.82 Å². The number of halogens is 1. The van der Waals surface area contributed by atoms with Crippen molar-refractivity contribution in [3.05, 3.63) is 59.1 Å². The van der Waals surface area contributed by atoms with E-state index in [1.165, 1.54) is 11.6 Å². The first kappa shape index (κ1) is 20.3. The molecule has 9 heteroatoms. The Labute approximate surface area is 172 Å². The SMILES string of the molecule is CC(=O)Nc1ccc(-c2nnn(C)c2NC(=O)O[C@H](C)c2ccccc2Cl)cc1. The zero-order valence-electron chi connectivity index (χ0n) is 16.1. The number of ether oxygens (including phenoxy) is 1. The first-order valence-corrected chi connectivity index (χ1v) is 9.22. The highest BCUT2D eigenvalue weighted by atomic mass is 35.5. The van der Waals surface area contributed by atoms with Crippen molar-refractivity contribution in [3.8, 4) is 11.3 Å². The van der Waals surface area contributed by atoms with Crippen LogP contribution in [0.4, 0.5) is 16.3 Å². The van der Waals surface area contributed by atoms with E-state index < -0.39 is 12.2 Å². The lowest BCUT2D eigenvalue weighted by atomic mass is 10.1. The number of hydrogen-bond acceptors (Lipinski definition) is 5. The van der Waals surface area contributed by atoms with Crippen molar-refractivity contribution < 1.29 is 14.3 Å². The molecule has 8 nitrogen and oxygen atoms in total. The number of nitrogens with zero attached hydrogens (tertiary/aromatic N) is 3. The summed E-state index contributed by atoms with van der Waals surface area (Å²) >= 11 is 6.16. The third-order valence-electron chi connectivity index (χ3n) is 4.15. The average Bonchev–Trinajstić information content (AvgIpc) is 3.02. The topological polar surface area (TPSA) is 98.1 Å². The molecular weight excluding hydrogens is 394 g/mol. The molecule has 2 amide bonds. The van der Waals surface area contributed by atoms with Gasteiger partial charge in [0.2, 0.25) is 5.91 Å². The first-order chi connectivity index (χ1) is 13.8. The van der Waals surface area contributed by atoms with Crippen molar-refractivity contribution in [3.63, 3.8) is 0 Å². The number of nitrogens with one attached hydrogen (secondary N) is 2. The summed E-state index contributed by atoms with van der Waals surface area (Å²) in [4.78, 5) is 23.6. The van der Waals surface area contributed by atoms with Crippen LogP contribution in [0.25, 0.3) is 11.3 Å². The molecule has 0 saturated heterocycles. The van der Waals surface area contributed by atoms with Gasteiger partial charge in [-0.25, -0.2) is 9.48 Å². The molecule has 0 spiro atoms. The number of carbonyl (C=O) groups is 2. The fourth-order valence-corrected chi connectivity index (χ4v) is 3.05. The largest absolute Gasteiger partial charge is 0.441 e. The van der Waals surface area contributed by atoms with E-state index in [2.05, 4.69) is 20.9 Å². The molecule has 0 radical (unpaired) electrons. The average molecular weight is 414 g/mol. The fourth-order valence-electron chi connectivity index (χ4n) is 2.76. The van der Waals surface area contributed by atoms with E-state index in [4.69, 9.17) is 16.3 Å². The molecule has 0 saturated carbocycles. The molecule has 3 aromatic rings. The molecule has 1 aromatic heterocycles. The van der Waals surface area contributed by atoms with Gasteiger partial charge in [-0.2, -0.15) is 0 Å². The molecule has 2 N–H and O–H groups in total. The number of aryl methyl sites for hydroxylation is 1. The Balaban J connectivity index is 1.75. The predicted octanol–water partition coefficient (Wildman–Crippen LogP) is 4.40. The fraction of sp³-hybridized carbons (Fsp3) is 0.200. The summed E-state index contributed by atoms with van der Waals surface area (Å²) in [6.07, 6.45) is -1.19. The van der Waals surface area contributed by atoms with Crippen LogP contribution < -0.4 is 10.6 Å². The van der Waals surface area contributed by atoms with Gasteiger partial charge in [0.1, 0.15) is 11.8 Å². The predicted molar refractivity (Wildman–Crippen MR) is 111 cm³/mol. The van der Waals surface area contributed by atoms with E-state index in [1.807, 2.05) is 12.1 Å². The molecule has 1 atom stereocenters. The van der Waals surface area contributed by atoms with E-state index in [-0.39, 0.29) is 5.91 Å². The second-order valence-electron chi connectivity index (χ2n) is 6.36. The standard InChI is InChI=1S/C20H20ClN5O3/c1-12(16-6-4-5-7-17(16)21)29-20(28)23-19-18(24-25-26(19)3)14-8-10-15(11-9-14)22-13(2)27/h4-12H,1-3H3,(H,22,27)(H,23,28)/t12-/m1/s1. The molecule has 0 unspecified atom stereocenters. The second kappa shape index (κ2) is 8.74. The van der Waals surface area contributed by atoms with Crippen molar-refractivity contribution in [1.29, 1.82) is 0 Å². The third kappa shape index (κ3) is 4.91. The Morgan fingerprint density at radius 1 is 1.10 bits per heavy atom. The summed E-state index contributed by atoms with van der Waals surface area (Å²) in [5.74, 6) is 0.226. The number of carbonyl (C=O) groups excluding carboxylic acids is 2. The smallest absolute Gasteiger partial charge is 0.413 e. The highest BCUT2D eigenvalue weighted by Gasteiger charge is 2.19. The van der Waals surface area contributed by atoms with Crippen LogP contribution in [0, 0.1) is 0 Å². The summed E-state index contributed by atoms with van der Waals surface area (Å²) in [5, 5.41) is 14.0. The van der Waals surface area contributed by atoms with Gasteiger partial charge in [-0.05, 0) is 25.1 Å². The monoisotopic (exact) mass is 413 g/mol. The number of hydrogen-bond donors (Lipinski definition) is 2. The van der Waals surface area contributed by atoms with Gasteiger partial charge in [0.25, 0.3) is 0 Å². The minimum Gasteiger partial charge on any atom is -0.441 e. The summed E-state index contributed by atoms with van der Waals surface area (Å²) in [6, 6.07) is 14.2. The molecule has 0 aliphatic carbocycles. The molecule has 29 heavy (non-hydrogen) atoms. The van der Waals surface area contributed by atoms with Crippen molar-refractivity contribution in [1.82, 2.24) is 15.0 Å².